The van der Waals surface area contributed by atoms with Gasteiger partial charge in [0.25, 0.3) is 11.8 Å². The quantitative estimate of drug-likeness (QED) is 0.183. The van der Waals surface area contributed by atoms with E-state index in [1.54, 1.807) is 24.5 Å². The highest BCUT2D eigenvalue weighted by Crippen LogP contribution is 2.08. The molecule has 0 unspecified atom stereocenters. The molecule has 2 aromatic heterocycles. The maximum Gasteiger partial charge on any atom is 0.270 e. The van der Waals surface area contributed by atoms with Crippen LogP contribution in [-0.2, 0) is 22.7 Å². The average molecular weight is 434 g/mol. The van der Waals surface area contributed by atoms with Crippen LogP contribution in [0.5, 0.6) is 0 Å². The first kappa shape index (κ1) is 22.1. The van der Waals surface area contributed by atoms with E-state index in [2.05, 4.69) is 27.0 Å². The number of aromatic nitrogens is 2. The van der Waals surface area contributed by atoms with Gasteiger partial charge in [-0.3, -0.25) is 9.59 Å². The molecule has 0 atom stereocenters. The number of benzene rings is 1. The topological polar surface area (TPSA) is 131 Å². The van der Waals surface area contributed by atoms with Gasteiger partial charge in [-0.15, -0.1) is 0 Å². The molecule has 0 saturated carbocycles. The third-order valence-corrected chi connectivity index (χ3v) is 4.32. The predicted molar refractivity (Wildman–Crippen MR) is 116 cm³/mol. The average Bonchev–Trinajstić information content (AvgIpc) is 2.75. The molecule has 2 amide bonds. The molecule has 0 radical (unpaired) electrons. The van der Waals surface area contributed by atoms with Crippen molar-refractivity contribution in [1.82, 2.24) is 0 Å². The van der Waals surface area contributed by atoms with Crippen molar-refractivity contribution >= 4 is 35.6 Å². The van der Waals surface area contributed by atoms with Crippen LogP contribution in [0.15, 0.2) is 83.6 Å². The Morgan fingerprint density at radius 3 is 1.69 bits per heavy atom. The Bertz CT molecular complexity index is 1080. The van der Waals surface area contributed by atoms with Crippen LogP contribution in [0.25, 0.3) is 0 Å². The van der Waals surface area contributed by atoms with E-state index in [1.807, 2.05) is 51.9 Å². The second kappa shape index (κ2) is 11.0. The number of amides is 2. The van der Waals surface area contributed by atoms with E-state index < -0.39 is 11.8 Å². The Morgan fingerprint density at radius 2 is 1.25 bits per heavy atom. The van der Waals surface area contributed by atoms with Crippen molar-refractivity contribution in [2.75, 3.05) is 10.6 Å². The highest BCUT2D eigenvalue weighted by Gasteiger charge is 2.10. The van der Waals surface area contributed by atoms with Gasteiger partial charge < -0.3 is 21.0 Å². The first-order valence-corrected chi connectivity index (χ1v) is 9.58. The lowest BCUT2D eigenvalue weighted by molar-refractivity contribution is -0.688. The SMILES string of the molecule is O=C(/C=N/O)Nc1ccc[n+](Cc2cccc(C[n+]3cccc(NC(=O)/C=N/O)c3)c2)c1. The summed E-state index contributed by atoms with van der Waals surface area (Å²) in [6.07, 6.45) is 8.93. The Labute approximate surface area is 183 Å². The van der Waals surface area contributed by atoms with Crippen LogP contribution in [0.3, 0.4) is 0 Å². The molecule has 0 aliphatic heterocycles. The lowest BCUT2D eigenvalue weighted by Gasteiger charge is -2.04. The van der Waals surface area contributed by atoms with Crippen molar-refractivity contribution in [1.29, 1.82) is 0 Å². The Hall–Kier alpha value is -4.60. The standard InChI is InChI=1S/C22H20N6O4/c29-21(11-23-31)25-19-6-2-8-27(15-19)13-17-4-1-5-18(10-17)14-28-9-3-7-20(16-28)26-22(30)12-24-32/h1-12,15-16H,13-14H2,(H2-2,25,26,29,30,31,32)/p+2. The summed E-state index contributed by atoms with van der Waals surface area (Å²) in [6, 6.07) is 15.2. The fourth-order valence-corrected chi connectivity index (χ4v) is 3.09. The zero-order valence-corrected chi connectivity index (χ0v) is 17.0. The van der Waals surface area contributed by atoms with Crippen LogP contribution in [-0.4, -0.2) is 34.7 Å². The van der Waals surface area contributed by atoms with Crippen molar-refractivity contribution in [3.8, 4) is 0 Å². The number of carbonyl (C=O) groups is 2. The summed E-state index contributed by atoms with van der Waals surface area (Å²) in [5.41, 5.74) is 3.29. The molecule has 162 valence electrons. The number of oxime groups is 2. The molecule has 0 bridgehead atoms. The van der Waals surface area contributed by atoms with Gasteiger partial charge in [0.15, 0.2) is 37.9 Å². The van der Waals surface area contributed by atoms with Gasteiger partial charge in [0.05, 0.1) is 0 Å². The number of hydrogen-bond donors (Lipinski definition) is 4. The molecule has 0 fully saturated rings. The van der Waals surface area contributed by atoms with Gasteiger partial charge in [-0.25, -0.2) is 0 Å². The van der Waals surface area contributed by atoms with Crippen LogP contribution >= 0.6 is 0 Å². The van der Waals surface area contributed by atoms with Gasteiger partial charge in [-0.2, -0.15) is 9.13 Å². The van der Waals surface area contributed by atoms with Gasteiger partial charge in [0, 0.05) is 23.3 Å². The summed E-state index contributed by atoms with van der Waals surface area (Å²) in [7, 11) is 0. The number of pyridine rings is 2. The predicted octanol–water partition coefficient (Wildman–Crippen LogP) is 1.16. The summed E-state index contributed by atoms with van der Waals surface area (Å²) in [5, 5.41) is 27.5. The molecule has 4 N–H and O–H groups in total. The van der Waals surface area contributed by atoms with Crippen molar-refractivity contribution in [3.05, 3.63) is 84.4 Å². The molecule has 32 heavy (non-hydrogen) atoms. The normalized spacial score (nSPS) is 11.0. The van der Waals surface area contributed by atoms with Gasteiger partial charge in [0.1, 0.15) is 23.8 Å². The third kappa shape index (κ3) is 6.73. The van der Waals surface area contributed by atoms with E-state index in [-0.39, 0.29) is 0 Å². The van der Waals surface area contributed by atoms with E-state index >= 15 is 0 Å². The molecule has 0 saturated heterocycles. The van der Waals surface area contributed by atoms with Gasteiger partial charge in [0.2, 0.25) is 0 Å². The van der Waals surface area contributed by atoms with E-state index in [0.29, 0.717) is 24.5 Å². The molecule has 10 heteroatoms. The summed E-state index contributed by atoms with van der Waals surface area (Å²) in [4.78, 5) is 23.1. The van der Waals surface area contributed by atoms with E-state index in [4.69, 9.17) is 10.4 Å². The second-order valence-electron chi connectivity index (χ2n) is 6.82. The van der Waals surface area contributed by atoms with Crippen molar-refractivity contribution in [3.63, 3.8) is 0 Å². The first-order valence-electron chi connectivity index (χ1n) is 9.58. The van der Waals surface area contributed by atoms with Crippen LogP contribution in [0.1, 0.15) is 11.1 Å². The second-order valence-corrected chi connectivity index (χ2v) is 6.82. The Balaban J connectivity index is 1.69. The van der Waals surface area contributed by atoms with E-state index in [9.17, 15) is 9.59 Å². The number of nitrogens with one attached hydrogen (secondary N) is 2. The zero-order valence-electron chi connectivity index (χ0n) is 17.0. The largest absolute Gasteiger partial charge is 0.411 e. The van der Waals surface area contributed by atoms with Crippen LogP contribution in [0.2, 0.25) is 0 Å². The summed E-state index contributed by atoms with van der Waals surface area (Å²) < 4.78 is 3.85. The Morgan fingerprint density at radius 1 is 0.781 bits per heavy atom. The summed E-state index contributed by atoms with van der Waals surface area (Å²) >= 11 is 0. The molecule has 3 rings (SSSR count). The lowest BCUT2D eigenvalue weighted by atomic mass is 10.1. The summed E-state index contributed by atoms with van der Waals surface area (Å²) in [6.45, 7) is 1.18. The molecule has 3 aromatic rings. The van der Waals surface area contributed by atoms with Crippen molar-refractivity contribution in [2.24, 2.45) is 10.3 Å². The number of carbonyl (C=O) groups excluding carboxylic acids is 2. The maximum atomic E-state index is 11.5. The molecular formula is C22H22N6O4+2. The van der Waals surface area contributed by atoms with Crippen LogP contribution < -0.4 is 19.8 Å². The molecule has 0 spiro atoms. The zero-order chi connectivity index (χ0) is 22.8. The smallest absolute Gasteiger partial charge is 0.270 e. The molecule has 1 aromatic carbocycles. The number of hydrogen-bond acceptors (Lipinski definition) is 6. The molecular weight excluding hydrogens is 412 g/mol. The van der Waals surface area contributed by atoms with Crippen molar-refractivity contribution in [2.45, 2.75) is 13.1 Å². The first-order chi connectivity index (χ1) is 15.6. The molecule has 10 nitrogen and oxygen atoms in total. The van der Waals surface area contributed by atoms with Crippen LogP contribution in [0, 0.1) is 0 Å². The lowest BCUT2D eigenvalue weighted by Crippen LogP contribution is -2.35. The highest BCUT2D eigenvalue weighted by atomic mass is 16.4. The minimum atomic E-state index is -0.522. The minimum Gasteiger partial charge on any atom is -0.411 e. The van der Waals surface area contributed by atoms with Gasteiger partial charge in [-0.1, -0.05) is 28.5 Å². The van der Waals surface area contributed by atoms with Gasteiger partial charge >= 0.3 is 0 Å². The number of rotatable bonds is 8. The molecule has 2 heterocycles. The minimum absolute atomic E-state index is 0.522. The monoisotopic (exact) mass is 434 g/mol. The van der Waals surface area contributed by atoms with E-state index in [0.717, 1.165) is 23.6 Å². The van der Waals surface area contributed by atoms with Crippen molar-refractivity contribution < 1.29 is 29.1 Å². The maximum absolute atomic E-state index is 11.5. The molecule has 0 aliphatic carbocycles. The third-order valence-electron chi connectivity index (χ3n) is 4.32. The highest BCUT2D eigenvalue weighted by molar-refractivity contribution is 6.31. The number of nitrogens with zero attached hydrogens (tertiary/aromatic N) is 4. The summed E-state index contributed by atoms with van der Waals surface area (Å²) in [5.74, 6) is -1.04. The fraction of sp³-hybridized carbons (Fsp3) is 0.0909. The Kier molecular flexibility index (Phi) is 7.58. The molecule has 0 aliphatic rings. The fourth-order valence-electron chi connectivity index (χ4n) is 3.09. The van der Waals surface area contributed by atoms with Gasteiger partial charge in [-0.05, 0) is 18.2 Å². The number of anilines is 2. The van der Waals surface area contributed by atoms with Crippen LogP contribution in [0.4, 0.5) is 11.4 Å². The van der Waals surface area contributed by atoms with E-state index in [1.165, 1.54) is 0 Å².